The predicted octanol–water partition coefficient (Wildman–Crippen LogP) is 0.251. The summed E-state index contributed by atoms with van der Waals surface area (Å²) < 4.78 is 1.54. The van der Waals surface area contributed by atoms with E-state index < -0.39 is 0 Å². The molecule has 0 aromatic heterocycles. The van der Waals surface area contributed by atoms with E-state index in [2.05, 4.69) is 21.5 Å². The number of nitrogens with one attached hydrogen (secondary N) is 1. The molecule has 1 unspecified atom stereocenters. The van der Waals surface area contributed by atoms with Crippen LogP contribution in [0.25, 0.3) is 0 Å². The van der Waals surface area contributed by atoms with Crippen LogP contribution >= 0.6 is 27.7 Å². The number of halogens is 2. The van der Waals surface area contributed by atoms with Crippen LogP contribution in [0, 0.1) is 0 Å². The Hall–Kier alpha value is 0.200. The molecule has 0 saturated carbocycles. The zero-order valence-corrected chi connectivity index (χ0v) is 6.24. The van der Waals surface area contributed by atoms with E-state index in [1.54, 1.807) is 0 Å². The average molecular weight is 199 g/mol. The molecule has 1 rings (SSSR count). The smallest absolute Gasteiger partial charge is 0.237 e. The molecule has 0 spiro atoms. The lowest BCUT2D eigenvalue weighted by Gasteiger charge is -2.04. The van der Waals surface area contributed by atoms with Crippen molar-refractivity contribution < 1.29 is 4.79 Å². The SMILES string of the molecule is O=C1CN(Br)C(Cl)N1. The van der Waals surface area contributed by atoms with Crippen molar-refractivity contribution in [2.75, 3.05) is 6.54 Å². The molecule has 3 nitrogen and oxygen atoms in total. The third-order valence-corrected chi connectivity index (χ3v) is 2.06. The number of alkyl halides is 1. The predicted molar refractivity (Wildman–Crippen MR) is 33.4 cm³/mol. The normalized spacial score (nSPS) is 30.8. The summed E-state index contributed by atoms with van der Waals surface area (Å²) in [5.74, 6) is -0.0538. The van der Waals surface area contributed by atoms with Gasteiger partial charge in [0, 0.05) is 16.1 Å². The molecule has 8 heavy (non-hydrogen) atoms. The Morgan fingerprint density at radius 1 is 2.00 bits per heavy atom. The summed E-state index contributed by atoms with van der Waals surface area (Å²) in [5.41, 5.74) is -0.387. The zero-order valence-electron chi connectivity index (χ0n) is 3.90. The van der Waals surface area contributed by atoms with Crippen molar-refractivity contribution in [3.05, 3.63) is 0 Å². The first-order valence-corrected chi connectivity index (χ1v) is 3.20. The van der Waals surface area contributed by atoms with Gasteiger partial charge in [0.2, 0.25) is 5.91 Å². The van der Waals surface area contributed by atoms with Crippen LogP contribution in [0.15, 0.2) is 0 Å². The Morgan fingerprint density at radius 2 is 2.62 bits per heavy atom. The fourth-order valence-corrected chi connectivity index (χ4v) is 0.987. The Kier molecular flexibility index (Phi) is 1.74. The van der Waals surface area contributed by atoms with Gasteiger partial charge >= 0.3 is 0 Å². The summed E-state index contributed by atoms with van der Waals surface area (Å²) in [7, 11) is 0. The van der Waals surface area contributed by atoms with Crippen molar-refractivity contribution in [3.8, 4) is 0 Å². The van der Waals surface area contributed by atoms with Gasteiger partial charge in [0.25, 0.3) is 0 Å². The van der Waals surface area contributed by atoms with E-state index in [1.807, 2.05) is 0 Å². The van der Waals surface area contributed by atoms with E-state index >= 15 is 0 Å². The Labute approximate surface area is 60.3 Å². The Bertz CT molecular complexity index is 108. The molecule has 1 saturated heterocycles. The van der Waals surface area contributed by atoms with Crippen molar-refractivity contribution in [1.29, 1.82) is 0 Å². The summed E-state index contributed by atoms with van der Waals surface area (Å²) in [4.78, 5) is 10.4. The molecular formula is C3H4BrClN2O. The van der Waals surface area contributed by atoms with Gasteiger partial charge in [-0.15, -0.1) is 0 Å². The molecule has 1 N–H and O–H groups in total. The molecule has 1 aliphatic rings. The van der Waals surface area contributed by atoms with Gasteiger partial charge in [0.15, 0.2) is 5.62 Å². The summed E-state index contributed by atoms with van der Waals surface area (Å²) in [6.07, 6.45) is 0. The lowest BCUT2D eigenvalue weighted by Crippen LogP contribution is -2.23. The largest absolute Gasteiger partial charge is 0.326 e. The van der Waals surface area contributed by atoms with E-state index in [4.69, 9.17) is 11.6 Å². The highest BCUT2D eigenvalue weighted by atomic mass is 79.9. The molecule has 1 amide bonds. The molecule has 0 bridgehead atoms. The molecule has 46 valence electrons. The van der Waals surface area contributed by atoms with E-state index in [-0.39, 0.29) is 11.5 Å². The average Bonchev–Trinajstić information content (AvgIpc) is 1.85. The van der Waals surface area contributed by atoms with Crippen molar-refractivity contribution >= 4 is 33.7 Å². The number of hydrogen-bond acceptors (Lipinski definition) is 2. The van der Waals surface area contributed by atoms with Crippen molar-refractivity contribution in [2.45, 2.75) is 5.62 Å². The fraction of sp³-hybridized carbons (Fsp3) is 0.667. The van der Waals surface area contributed by atoms with Gasteiger partial charge in [0.1, 0.15) is 0 Å². The standard InChI is InChI=1S/C3H4BrClN2O/c4-7-1-2(8)6-3(7)5/h3H,1H2,(H,6,8). The summed E-state index contributed by atoms with van der Waals surface area (Å²) in [6, 6.07) is 0. The van der Waals surface area contributed by atoms with Crippen LogP contribution < -0.4 is 5.32 Å². The van der Waals surface area contributed by atoms with Gasteiger partial charge in [-0.05, 0) is 0 Å². The first kappa shape index (κ1) is 6.32. The maximum atomic E-state index is 10.4. The van der Waals surface area contributed by atoms with Gasteiger partial charge in [-0.25, -0.2) is 0 Å². The van der Waals surface area contributed by atoms with Crippen LogP contribution in [0.2, 0.25) is 0 Å². The van der Waals surface area contributed by atoms with Crippen LogP contribution in [0.1, 0.15) is 0 Å². The monoisotopic (exact) mass is 198 g/mol. The zero-order chi connectivity index (χ0) is 6.15. The topological polar surface area (TPSA) is 32.3 Å². The Morgan fingerprint density at radius 3 is 2.75 bits per heavy atom. The van der Waals surface area contributed by atoms with Crippen LogP contribution in [-0.4, -0.2) is 22.0 Å². The molecule has 0 radical (unpaired) electrons. The minimum atomic E-state index is -0.387. The van der Waals surface area contributed by atoms with Crippen LogP contribution in [0.3, 0.4) is 0 Å². The quantitative estimate of drug-likeness (QED) is 0.345. The number of nitrogens with zero attached hydrogens (tertiary/aromatic N) is 1. The second kappa shape index (κ2) is 2.21. The van der Waals surface area contributed by atoms with Gasteiger partial charge in [0.05, 0.1) is 6.54 Å². The third kappa shape index (κ3) is 1.13. The fourth-order valence-electron chi connectivity index (χ4n) is 0.466. The maximum absolute atomic E-state index is 10.4. The van der Waals surface area contributed by atoms with Crippen LogP contribution in [-0.2, 0) is 4.79 Å². The lowest BCUT2D eigenvalue weighted by molar-refractivity contribution is -0.118. The maximum Gasteiger partial charge on any atom is 0.237 e. The van der Waals surface area contributed by atoms with Crippen LogP contribution in [0.4, 0.5) is 0 Å². The highest BCUT2D eigenvalue weighted by molar-refractivity contribution is 9.07. The number of carbonyl (C=O) groups excluding carboxylic acids is 1. The first-order valence-electron chi connectivity index (χ1n) is 2.06. The van der Waals surface area contributed by atoms with E-state index in [1.165, 1.54) is 3.93 Å². The summed E-state index contributed by atoms with van der Waals surface area (Å²) in [5, 5.41) is 2.47. The highest BCUT2D eigenvalue weighted by Gasteiger charge is 2.25. The van der Waals surface area contributed by atoms with Crippen molar-refractivity contribution in [2.24, 2.45) is 0 Å². The minimum Gasteiger partial charge on any atom is -0.326 e. The molecule has 1 fully saturated rings. The van der Waals surface area contributed by atoms with Gasteiger partial charge in [-0.3, -0.25) is 4.79 Å². The minimum absolute atomic E-state index is 0.0538. The van der Waals surface area contributed by atoms with E-state index in [9.17, 15) is 4.79 Å². The molecule has 5 heteroatoms. The molecule has 1 aliphatic heterocycles. The van der Waals surface area contributed by atoms with Crippen molar-refractivity contribution in [3.63, 3.8) is 0 Å². The first-order chi connectivity index (χ1) is 3.70. The molecule has 1 heterocycles. The third-order valence-electron chi connectivity index (χ3n) is 0.821. The second-order valence-corrected chi connectivity index (χ2v) is 2.79. The number of rotatable bonds is 0. The van der Waals surface area contributed by atoms with Crippen LogP contribution in [0.5, 0.6) is 0 Å². The summed E-state index contributed by atoms with van der Waals surface area (Å²) >= 11 is 8.57. The Balaban J connectivity index is 2.51. The molecule has 0 aliphatic carbocycles. The van der Waals surface area contributed by atoms with Gasteiger partial charge in [-0.2, -0.15) is 3.93 Å². The lowest BCUT2D eigenvalue weighted by atomic mass is 10.7. The van der Waals surface area contributed by atoms with Crippen molar-refractivity contribution in [1.82, 2.24) is 9.24 Å². The van der Waals surface area contributed by atoms with Gasteiger partial charge < -0.3 is 5.32 Å². The number of amides is 1. The second-order valence-electron chi connectivity index (χ2n) is 1.46. The molecule has 0 aromatic rings. The number of carbonyl (C=O) groups is 1. The molecule has 1 atom stereocenters. The molecule has 0 aromatic carbocycles. The van der Waals surface area contributed by atoms with E-state index in [0.717, 1.165) is 0 Å². The van der Waals surface area contributed by atoms with E-state index in [0.29, 0.717) is 6.54 Å². The summed E-state index contributed by atoms with van der Waals surface area (Å²) in [6.45, 7) is 0.328. The highest BCUT2D eigenvalue weighted by Crippen LogP contribution is 2.11. The number of hydrogen-bond donors (Lipinski definition) is 1. The molecular weight excluding hydrogens is 195 g/mol. The van der Waals surface area contributed by atoms with Gasteiger partial charge in [-0.1, -0.05) is 11.6 Å².